The van der Waals surface area contributed by atoms with Crippen molar-refractivity contribution in [3.8, 4) is 0 Å². The molecule has 0 aliphatic heterocycles. The Labute approximate surface area is 182 Å². The van der Waals surface area contributed by atoms with Crippen LogP contribution in [0.15, 0.2) is 54.1 Å². The van der Waals surface area contributed by atoms with Gasteiger partial charge in [-0.3, -0.25) is 0 Å². The zero-order chi connectivity index (χ0) is 22.1. The SMILES string of the molecule is C=C1/C(=C\C=C(/CCCC)c2cccc(CCCCC(C)(C)O)c2)C[C@@H](O)C[C@H]1O. The van der Waals surface area contributed by atoms with Crippen LogP contribution < -0.4 is 0 Å². The molecule has 1 aliphatic rings. The van der Waals surface area contributed by atoms with Crippen LogP contribution in [0.5, 0.6) is 0 Å². The molecule has 1 fully saturated rings. The number of allylic oxidation sites excluding steroid dienone is 3. The first kappa shape index (κ1) is 24.6. The number of hydrogen-bond acceptors (Lipinski definition) is 3. The van der Waals surface area contributed by atoms with E-state index in [1.54, 1.807) is 0 Å². The van der Waals surface area contributed by atoms with E-state index in [4.69, 9.17) is 0 Å². The predicted molar refractivity (Wildman–Crippen MR) is 126 cm³/mol. The highest BCUT2D eigenvalue weighted by Crippen LogP contribution is 2.30. The molecule has 3 nitrogen and oxygen atoms in total. The lowest BCUT2D eigenvalue weighted by Gasteiger charge is -2.26. The molecule has 0 spiro atoms. The van der Waals surface area contributed by atoms with Crippen molar-refractivity contribution in [2.45, 2.75) is 96.4 Å². The molecule has 0 unspecified atom stereocenters. The van der Waals surface area contributed by atoms with Gasteiger partial charge in [-0.15, -0.1) is 0 Å². The summed E-state index contributed by atoms with van der Waals surface area (Å²) in [6.07, 6.45) is 11.1. The minimum Gasteiger partial charge on any atom is -0.393 e. The van der Waals surface area contributed by atoms with Gasteiger partial charge in [-0.05, 0) is 80.2 Å². The molecule has 1 aromatic rings. The lowest BCUT2D eigenvalue weighted by molar-refractivity contribution is 0.0682. The van der Waals surface area contributed by atoms with E-state index >= 15 is 0 Å². The zero-order valence-corrected chi connectivity index (χ0v) is 19.0. The van der Waals surface area contributed by atoms with Gasteiger partial charge in [0.2, 0.25) is 0 Å². The number of benzene rings is 1. The van der Waals surface area contributed by atoms with Gasteiger partial charge in [-0.1, -0.05) is 62.8 Å². The minimum absolute atomic E-state index is 0.373. The third-order valence-corrected chi connectivity index (χ3v) is 5.85. The second kappa shape index (κ2) is 11.6. The predicted octanol–water partition coefficient (Wildman–Crippen LogP) is 5.74. The standard InChI is InChI=1S/C27H40O3/c1-5-6-12-22(14-15-23-18-25(28)19-26(29)20(23)2)24-13-9-11-21(17-24)10-7-8-16-27(3,4)30/h9,11,13-15,17,25-26,28-30H,2,5-8,10,12,16,18-19H2,1,3-4H3/b22-14+,23-15-/t25-,26-/m1/s1. The van der Waals surface area contributed by atoms with E-state index in [0.717, 1.165) is 56.1 Å². The maximum Gasteiger partial charge on any atom is 0.0811 e. The molecule has 1 saturated carbocycles. The van der Waals surface area contributed by atoms with Crippen LogP contribution in [0.25, 0.3) is 5.57 Å². The van der Waals surface area contributed by atoms with Gasteiger partial charge >= 0.3 is 0 Å². The van der Waals surface area contributed by atoms with Crippen molar-refractivity contribution in [2.75, 3.05) is 0 Å². The van der Waals surface area contributed by atoms with E-state index in [1.165, 1.54) is 16.7 Å². The van der Waals surface area contributed by atoms with Gasteiger partial charge in [-0.25, -0.2) is 0 Å². The Bertz CT molecular complexity index is 752. The zero-order valence-electron chi connectivity index (χ0n) is 19.0. The third kappa shape index (κ3) is 8.22. The van der Waals surface area contributed by atoms with Crippen LogP contribution in [0.3, 0.4) is 0 Å². The van der Waals surface area contributed by atoms with Gasteiger partial charge in [0.25, 0.3) is 0 Å². The van der Waals surface area contributed by atoms with Crippen molar-refractivity contribution >= 4 is 5.57 Å². The molecule has 3 N–H and O–H groups in total. The fraction of sp³-hybridized carbons (Fsp3) is 0.556. The Kier molecular flexibility index (Phi) is 9.54. The second-order valence-corrected chi connectivity index (χ2v) is 9.34. The molecule has 1 aliphatic carbocycles. The fourth-order valence-electron chi connectivity index (χ4n) is 3.96. The minimum atomic E-state index is -0.653. The molecule has 1 aromatic carbocycles. The van der Waals surface area contributed by atoms with Gasteiger partial charge in [-0.2, -0.15) is 0 Å². The Morgan fingerprint density at radius 2 is 1.97 bits per heavy atom. The number of aliphatic hydroxyl groups excluding tert-OH is 2. The Balaban J connectivity index is 2.15. The fourth-order valence-corrected chi connectivity index (χ4v) is 3.96. The molecule has 2 rings (SSSR count). The molecule has 30 heavy (non-hydrogen) atoms. The van der Waals surface area contributed by atoms with Crippen molar-refractivity contribution in [1.29, 1.82) is 0 Å². The van der Waals surface area contributed by atoms with Crippen LogP contribution in [0.1, 0.15) is 83.3 Å². The van der Waals surface area contributed by atoms with E-state index in [-0.39, 0.29) is 0 Å². The summed E-state index contributed by atoms with van der Waals surface area (Å²) in [6, 6.07) is 8.75. The molecule has 0 amide bonds. The maximum absolute atomic E-state index is 10.1. The highest BCUT2D eigenvalue weighted by atomic mass is 16.3. The van der Waals surface area contributed by atoms with Crippen LogP contribution in [-0.2, 0) is 6.42 Å². The summed E-state index contributed by atoms with van der Waals surface area (Å²) in [5.41, 5.74) is 4.93. The van der Waals surface area contributed by atoms with Crippen molar-refractivity contribution in [1.82, 2.24) is 0 Å². The number of aryl methyl sites for hydroxylation is 1. The van der Waals surface area contributed by atoms with Gasteiger partial charge in [0, 0.05) is 6.42 Å². The van der Waals surface area contributed by atoms with E-state index in [0.29, 0.717) is 12.8 Å². The second-order valence-electron chi connectivity index (χ2n) is 9.34. The molecule has 0 saturated heterocycles. The van der Waals surface area contributed by atoms with Gasteiger partial charge in [0.15, 0.2) is 0 Å². The molecule has 0 heterocycles. The quantitative estimate of drug-likeness (QED) is 0.429. The summed E-state index contributed by atoms with van der Waals surface area (Å²) < 4.78 is 0. The van der Waals surface area contributed by atoms with Crippen molar-refractivity contribution < 1.29 is 15.3 Å². The molecule has 2 atom stereocenters. The number of rotatable bonds is 10. The lowest BCUT2D eigenvalue weighted by atomic mass is 9.85. The summed E-state index contributed by atoms with van der Waals surface area (Å²) in [7, 11) is 0. The number of aliphatic hydroxyl groups is 3. The Morgan fingerprint density at radius 1 is 1.20 bits per heavy atom. The maximum atomic E-state index is 10.1. The summed E-state index contributed by atoms with van der Waals surface area (Å²) in [4.78, 5) is 0. The summed E-state index contributed by atoms with van der Waals surface area (Å²) in [5, 5.41) is 30.0. The van der Waals surface area contributed by atoms with Crippen LogP contribution in [0.4, 0.5) is 0 Å². The molecule has 166 valence electrons. The topological polar surface area (TPSA) is 60.7 Å². The molecule has 0 aromatic heterocycles. The molecular weight excluding hydrogens is 372 g/mol. The van der Waals surface area contributed by atoms with Gasteiger partial charge in [0.1, 0.15) is 0 Å². The summed E-state index contributed by atoms with van der Waals surface area (Å²) >= 11 is 0. The molecule has 3 heteroatoms. The Morgan fingerprint density at radius 3 is 2.67 bits per heavy atom. The van der Waals surface area contributed by atoms with E-state index < -0.39 is 17.8 Å². The average molecular weight is 413 g/mol. The van der Waals surface area contributed by atoms with Crippen molar-refractivity contribution in [3.63, 3.8) is 0 Å². The normalized spacial score (nSPS) is 22.0. The molecular formula is C27H40O3. The first-order valence-electron chi connectivity index (χ1n) is 11.5. The monoisotopic (exact) mass is 412 g/mol. The number of hydrogen-bond donors (Lipinski definition) is 3. The lowest BCUT2D eigenvalue weighted by Crippen LogP contribution is -2.26. The van der Waals surface area contributed by atoms with Crippen molar-refractivity contribution in [2.24, 2.45) is 0 Å². The number of unbranched alkanes of at least 4 members (excludes halogenated alkanes) is 2. The largest absolute Gasteiger partial charge is 0.393 e. The van der Waals surface area contributed by atoms with E-state index in [1.807, 2.05) is 19.9 Å². The van der Waals surface area contributed by atoms with Crippen LogP contribution >= 0.6 is 0 Å². The summed E-state index contributed by atoms with van der Waals surface area (Å²) in [6.45, 7) is 9.95. The van der Waals surface area contributed by atoms with Gasteiger partial charge < -0.3 is 15.3 Å². The smallest absolute Gasteiger partial charge is 0.0811 e. The highest BCUT2D eigenvalue weighted by molar-refractivity contribution is 5.68. The third-order valence-electron chi connectivity index (χ3n) is 5.85. The van der Waals surface area contributed by atoms with Crippen LogP contribution in [-0.4, -0.2) is 33.1 Å². The first-order valence-corrected chi connectivity index (χ1v) is 11.5. The molecule has 0 radical (unpaired) electrons. The van der Waals surface area contributed by atoms with E-state index in [2.05, 4.69) is 43.8 Å². The summed E-state index contributed by atoms with van der Waals surface area (Å²) in [5.74, 6) is 0. The van der Waals surface area contributed by atoms with Crippen molar-refractivity contribution in [3.05, 3.63) is 65.3 Å². The van der Waals surface area contributed by atoms with Crippen LogP contribution in [0.2, 0.25) is 0 Å². The average Bonchev–Trinajstić information content (AvgIpc) is 2.68. The van der Waals surface area contributed by atoms with E-state index in [9.17, 15) is 15.3 Å². The first-order chi connectivity index (χ1) is 14.2. The van der Waals surface area contributed by atoms with Gasteiger partial charge in [0.05, 0.1) is 17.8 Å². The highest BCUT2D eigenvalue weighted by Gasteiger charge is 2.24. The molecule has 0 bridgehead atoms. The van der Waals surface area contributed by atoms with Crippen LogP contribution in [0, 0.1) is 0 Å². The Hall–Kier alpha value is -1.68.